The van der Waals surface area contributed by atoms with E-state index in [0.717, 1.165) is 42.4 Å². The van der Waals surface area contributed by atoms with Crippen LogP contribution in [0.5, 0.6) is 11.5 Å². The molecule has 2 aromatic carbocycles. The summed E-state index contributed by atoms with van der Waals surface area (Å²) in [5.41, 5.74) is 1.56. The summed E-state index contributed by atoms with van der Waals surface area (Å²) in [4.78, 5) is 17.6. The number of fused-ring (bicyclic) bond motifs is 4. The number of hydrogen-bond acceptors (Lipinski definition) is 6. The van der Waals surface area contributed by atoms with Crippen LogP contribution in [0.1, 0.15) is 24.5 Å². The van der Waals surface area contributed by atoms with E-state index in [0.29, 0.717) is 17.6 Å². The van der Waals surface area contributed by atoms with E-state index in [1.165, 1.54) is 0 Å². The average Bonchev–Trinajstić information content (AvgIpc) is 2.87. The summed E-state index contributed by atoms with van der Waals surface area (Å²) in [6.07, 6.45) is 4.99. The van der Waals surface area contributed by atoms with Gasteiger partial charge in [-0.05, 0) is 73.2 Å². The lowest BCUT2D eigenvalue weighted by Gasteiger charge is -2.51. The number of para-hydroxylation sites is 1. The van der Waals surface area contributed by atoms with Crippen LogP contribution in [0.4, 0.5) is 0 Å². The Morgan fingerprint density at radius 3 is 2.74 bits per heavy atom. The summed E-state index contributed by atoms with van der Waals surface area (Å²) >= 11 is 0. The fraction of sp³-hybridized carbons (Fsp3) is 0.346. The van der Waals surface area contributed by atoms with Gasteiger partial charge in [-0.2, -0.15) is 0 Å². The van der Waals surface area contributed by atoms with Crippen molar-refractivity contribution in [3.63, 3.8) is 0 Å². The predicted molar refractivity (Wildman–Crippen MR) is 131 cm³/mol. The zero-order valence-corrected chi connectivity index (χ0v) is 20.0. The molecule has 2 bridgehead atoms. The van der Waals surface area contributed by atoms with Gasteiger partial charge in [0.25, 0.3) is 0 Å². The molecule has 3 aliphatic rings. The molecule has 34 heavy (non-hydrogen) atoms. The molecule has 7 nitrogen and oxygen atoms in total. The van der Waals surface area contributed by atoms with Crippen LogP contribution in [-0.2, 0) is 9.09 Å². The normalized spacial score (nSPS) is 26.5. The molecule has 6 rings (SSSR count). The monoisotopic (exact) mass is 480 g/mol. The molecule has 178 valence electrons. The van der Waals surface area contributed by atoms with E-state index in [9.17, 15) is 9.46 Å². The number of methoxy groups -OCH3 is 1. The number of nitrogens with zero attached hydrogens (tertiary/aromatic N) is 2. The summed E-state index contributed by atoms with van der Waals surface area (Å²) in [6, 6.07) is 16.0. The minimum atomic E-state index is -4.44. The summed E-state index contributed by atoms with van der Waals surface area (Å²) in [6.45, 7) is 5.79. The van der Waals surface area contributed by atoms with Crippen LogP contribution in [0.15, 0.2) is 73.4 Å². The quantitative estimate of drug-likeness (QED) is 0.343. The van der Waals surface area contributed by atoms with Gasteiger partial charge in [0.05, 0.1) is 12.6 Å². The van der Waals surface area contributed by atoms with E-state index in [-0.39, 0.29) is 11.8 Å². The molecular formula is C26H29N2O5P. The second kappa shape index (κ2) is 9.51. The Kier molecular flexibility index (Phi) is 6.45. The molecule has 3 fully saturated rings. The lowest BCUT2D eigenvalue weighted by Crippen LogP contribution is -2.55. The first kappa shape index (κ1) is 23.1. The molecule has 3 aliphatic heterocycles. The van der Waals surface area contributed by atoms with Gasteiger partial charge < -0.3 is 9.26 Å². The highest BCUT2D eigenvalue weighted by Gasteiger charge is 2.45. The first-order valence-corrected chi connectivity index (χ1v) is 13.0. The third kappa shape index (κ3) is 4.62. The molecule has 0 spiro atoms. The molecule has 3 aromatic rings. The predicted octanol–water partition coefficient (Wildman–Crippen LogP) is 5.38. The molecule has 0 radical (unpaired) electrons. The summed E-state index contributed by atoms with van der Waals surface area (Å²) < 4.78 is 30.1. The van der Waals surface area contributed by atoms with E-state index >= 15 is 0 Å². The Hall–Kier alpha value is -2.70. The second-order valence-corrected chi connectivity index (χ2v) is 10.3. The minimum Gasteiger partial charge on any atom is -0.497 e. The third-order valence-electron chi connectivity index (χ3n) is 7.00. The number of phosphoric ester groups is 1. The minimum absolute atomic E-state index is 0.0772. The number of aromatic nitrogens is 1. The van der Waals surface area contributed by atoms with Crippen molar-refractivity contribution in [2.24, 2.45) is 11.8 Å². The van der Waals surface area contributed by atoms with Crippen molar-refractivity contribution < 1.29 is 23.2 Å². The zero-order chi connectivity index (χ0) is 23.7. The maximum atomic E-state index is 13.2. The molecule has 4 heterocycles. The van der Waals surface area contributed by atoms with Gasteiger partial charge in [0.15, 0.2) is 0 Å². The maximum Gasteiger partial charge on any atom is 0.528 e. The van der Waals surface area contributed by atoms with Crippen molar-refractivity contribution in [3.05, 3.63) is 79.0 Å². The average molecular weight is 481 g/mol. The number of pyridine rings is 1. The SMILES string of the molecule is C=CC1CN2CCC1CC2[C@H](OP(=O)(O)Oc1ccccc1)c1ccnc2ccc(OC)cc12. The van der Waals surface area contributed by atoms with Gasteiger partial charge in [0, 0.05) is 24.2 Å². The van der Waals surface area contributed by atoms with Gasteiger partial charge in [-0.15, -0.1) is 6.58 Å². The molecule has 6 atom stereocenters. The zero-order valence-electron chi connectivity index (χ0n) is 19.1. The number of benzene rings is 2. The molecular weight excluding hydrogens is 451 g/mol. The van der Waals surface area contributed by atoms with Gasteiger partial charge in [-0.25, -0.2) is 4.57 Å². The molecule has 3 saturated heterocycles. The van der Waals surface area contributed by atoms with E-state index in [1.54, 1.807) is 37.6 Å². The van der Waals surface area contributed by atoms with Crippen molar-refractivity contribution in [2.75, 3.05) is 20.2 Å². The summed E-state index contributed by atoms with van der Waals surface area (Å²) in [5, 5.41) is 0.828. The standard InChI is InChI=1S/C26H29N2O5P/c1-3-18-17-28-14-12-19(18)15-25(28)26(33-34(29,30)32-20-7-5-4-6-8-20)22-11-13-27-24-10-9-21(31-2)16-23(22)24/h3-11,13,16,18-19,25-26H,1,12,14-15,17H2,2H3,(H,29,30)/t18?,19?,25?,26-/m1/s1. The number of hydrogen-bond donors (Lipinski definition) is 1. The van der Waals surface area contributed by atoms with Crippen LogP contribution < -0.4 is 9.26 Å². The lowest BCUT2D eigenvalue weighted by atomic mass is 9.73. The van der Waals surface area contributed by atoms with Crippen LogP contribution in [0.2, 0.25) is 0 Å². The first-order valence-electron chi connectivity index (χ1n) is 11.5. The van der Waals surface area contributed by atoms with Crippen LogP contribution in [0.3, 0.4) is 0 Å². The number of piperidine rings is 3. The highest BCUT2D eigenvalue weighted by atomic mass is 31.2. The van der Waals surface area contributed by atoms with Gasteiger partial charge in [-0.1, -0.05) is 24.3 Å². The Morgan fingerprint density at radius 1 is 1.21 bits per heavy atom. The molecule has 1 N–H and O–H groups in total. The highest BCUT2D eigenvalue weighted by molar-refractivity contribution is 7.47. The van der Waals surface area contributed by atoms with Gasteiger partial charge in [-0.3, -0.25) is 19.3 Å². The number of phosphoric acid groups is 1. The van der Waals surface area contributed by atoms with Gasteiger partial charge in [0.1, 0.15) is 17.6 Å². The maximum absolute atomic E-state index is 13.2. The topological polar surface area (TPSA) is 81.1 Å². The summed E-state index contributed by atoms with van der Waals surface area (Å²) in [5.74, 6) is 1.85. The largest absolute Gasteiger partial charge is 0.528 e. The smallest absolute Gasteiger partial charge is 0.497 e. The van der Waals surface area contributed by atoms with Crippen LogP contribution in [-0.4, -0.2) is 41.0 Å². The van der Waals surface area contributed by atoms with E-state index in [1.807, 2.05) is 36.4 Å². The fourth-order valence-electron chi connectivity index (χ4n) is 5.33. The molecule has 0 saturated carbocycles. The highest BCUT2D eigenvalue weighted by Crippen LogP contribution is 2.53. The fourth-order valence-corrected chi connectivity index (χ4v) is 6.30. The van der Waals surface area contributed by atoms with Gasteiger partial charge >= 0.3 is 7.82 Å². The third-order valence-corrected chi connectivity index (χ3v) is 7.94. The van der Waals surface area contributed by atoms with Crippen molar-refractivity contribution >= 4 is 18.7 Å². The Balaban J connectivity index is 1.55. The Morgan fingerprint density at radius 2 is 2.03 bits per heavy atom. The van der Waals surface area contributed by atoms with Crippen LogP contribution in [0.25, 0.3) is 10.9 Å². The number of ether oxygens (including phenoxy) is 1. The molecule has 5 unspecified atom stereocenters. The molecule has 0 aliphatic carbocycles. The molecule has 0 amide bonds. The first-order chi connectivity index (χ1) is 16.5. The molecule has 1 aromatic heterocycles. The van der Waals surface area contributed by atoms with Crippen LogP contribution >= 0.6 is 7.82 Å². The van der Waals surface area contributed by atoms with E-state index in [4.69, 9.17) is 13.8 Å². The molecule has 8 heteroatoms. The lowest BCUT2D eigenvalue weighted by molar-refractivity contribution is -0.0423. The van der Waals surface area contributed by atoms with Crippen LogP contribution in [0, 0.1) is 11.8 Å². The van der Waals surface area contributed by atoms with Gasteiger partial charge in [0.2, 0.25) is 0 Å². The van der Waals surface area contributed by atoms with Crippen molar-refractivity contribution in [3.8, 4) is 11.5 Å². The van der Waals surface area contributed by atoms with E-state index < -0.39 is 13.9 Å². The van der Waals surface area contributed by atoms with Crippen molar-refractivity contribution in [1.82, 2.24) is 9.88 Å². The van der Waals surface area contributed by atoms with Crippen molar-refractivity contribution in [1.29, 1.82) is 0 Å². The second-order valence-electron chi connectivity index (χ2n) is 8.93. The Labute approximate surface area is 199 Å². The number of rotatable bonds is 8. The Bertz CT molecular complexity index is 1220. The van der Waals surface area contributed by atoms with Crippen molar-refractivity contribution in [2.45, 2.75) is 25.0 Å². The summed E-state index contributed by atoms with van der Waals surface area (Å²) in [7, 11) is -2.83. The van der Waals surface area contributed by atoms with E-state index in [2.05, 4.69) is 16.5 Å².